The fourth-order valence-corrected chi connectivity index (χ4v) is 4.79. The minimum atomic E-state index is 0.432. The van der Waals surface area contributed by atoms with Gasteiger partial charge in [0.05, 0.1) is 17.3 Å². The van der Waals surface area contributed by atoms with E-state index in [1.807, 2.05) is 30.5 Å². The lowest BCUT2D eigenvalue weighted by atomic mass is 9.99. The largest absolute Gasteiger partial charge is 0.351 e. The number of nitrogens with zero attached hydrogens (tertiary/aromatic N) is 3. The number of rotatable bonds is 4. The number of benzene rings is 2. The number of nitriles is 1. The van der Waals surface area contributed by atoms with Gasteiger partial charge in [-0.15, -0.1) is 0 Å². The van der Waals surface area contributed by atoms with Crippen molar-refractivity contribution in [2.45, 2.75) is 25.8 Å². The molecule has 150 valence electrons. The van der Waals surface area contributed by atoms with E-state index >= 15 is 0 Å². The van der Waals surface area contributed by atoms with E-state index in [0.717, 1.165) is 47.3 Å². The Morgan fingerprint density at radius 2 is 1.63 bits per heavy atom. The zero-order valence-electron chi connectivity index (χ0n) is 17.1. The first kappa shape index (κ1) is 18.8. The second-order valence-corrected chi connectivity index (χ2v) is 8.50. The molecule has 5 heteroatoms. The maximum Gasteiger partial charge on any atom is 0.223 e. The normalized spacial score (nSPS) is 22.5. The average Bonchev–Trinajstić information content (AvgIpc) is 3.36. The van der Waals surface area contributed by atoms with E-state index in [0.29, 0.717) is 17.6 Å². The Bertz CT molecular complexity index is 1070. The fourth-order valence-electron chi connectivity index (χ4n) is 4.79. The van der Waals surface area contributed by atoms with Crippen LogP contribution in [0.15, 0.2) is 54.7 Å². The third-order valence-corrected chi connectivity index (χ3v) is 6.43. The van der Waals surface area contributed by atoms with E-state index in [-0.39, 0.29) is 0 Å². The molecular weight excluding hydrogens is 370 g/mol. The second-order valence-electron chi connectivity index (χ2n) is 8.50. The number of aryl methyl sites for hydroxylation is 1. The van der Waals surface area contributed by atoms with Crippen LogP contribution in [0.3, 0.4) is 0 Å². The van der Waals surface area contributed by atoms with Crippen molar-refractivity contribution in [3.05, 3.63) is 65.9 Å². The molecule has 2 aromatic carbocycles. The van der Waals surface area contributed by atoms with Crippen LogP contribution < -0.4 is 10.6 Å². The fraction of sp³-hybridized carbons (Fsp3) is 0.320. The summed E-state index contributed by atoms with van der Waals surface area (Å²) in [6.07, 6.45) is 4.27. The summed E-state index contributed by atoms with van der Waals surface area (Å²) in [5.41, 5.74) is 5.84. The van der Waals surface area contributed by atoms with E-state index < -0.39 is 0 Å². The average molecular weight is 396 g/mol. The number of anilines is 1. The van der Waals surface area contributed by atoms with Gasteiger partial charge in [-0.2, -0.15) is 5.26 Å². The quantitative estimate of drug-likeness (QED) is 0.685. The van der Waals surface area contributed by atoms with Crippen LogP contribution >= 0.6 is 0 Å². The lowest BCUT2D eigenvalue weighted by molar-refractivity contribution is 0.494. The molecule has 1 aliphatic carbocycles. The molecule has 1 aliphatic heterocycles. The third kappa shape index (κ3) is 3.67. The van der Waals surface area contributed by atoms with Gasteiger partial charge in [0.15, 0.2) is 0 Å². The topological polar surface area (TPSA) is 73.6 Å². The first-order valence-corrected chi connectivity index (χ1v) is 10.6. The number of hydrogen-bond donors (Lipinski definition) is 2. The van der Waals surface area contributed by atoms with Gasteiger partial charge in [0.2, 0.25) is 5.95 Å². The monoisotopic (exact) mass is 395 g/mol. The van der Waals surface area contributed by atoms with Gasteiger partial charge in [-0.25, -0.2) is 9.97 Å². The highest BCUT2D eigenvalue weighted by molar-refractivity contribution is 5.81. The molecule has 1 saturated heterocycles. The minimum Gasteiger partial charge on any atom is -0.351 e. The highest BCUT2D eigenvalue weighted by atomic mass is 15.1. The van der Waals surface area contributed by atoms with E-state index in [1.165, 1.54) is 18.4 Å². The molecule has 2 fully saturated rings. The Morgan fingerprint density at radius 1 is 0.967 bits per heavy atom. The summed E-state index contributed by atoms with van der Waals surface area (Å²) in [5, 5.41) is 16.2. The summed E-state index contributed by atoms with van der Waals surface area (Å²) in [6, 6.07) is 18.7. The summed E-state index contributed by atoms with van der Waals surface area (Å²) in [7, 11) is 0. The molecule has 2 aliphatic rings. The Morgan fingerprint density at radius 3 is 2.30 bits per heavy atom. The third-order valence-electron chi connectivity index (χ3n) is 6.43. The van der Waals surface area contributed by atoms with Crippen molar-refractivity contribution in [1.29, 1.82) is 5.26 Å². The molecule has 5 nitrogen and oxygen atoms in total. The molecule has 0 radical (unpaired) electrons. The molecule has 5 rings (SSSR count). The lowest BCUT2D eigenvalue weighted by Crippen LogP contribution is -2.21. The maximum absolute atomic E-state index is 9.14. The predicted octanol–water partition coefficient (Wildman–Crippen LogP) is 4.40. The molecule has 2 heterocycles. The van der Waals surface area contributed by atoms with E-state index in [1.54, 1.807) is 0 Å². The SMILES string of the molecule is Cc1ccc(-c2cnc(N[C@H]3C[C@H]4CNC[C@H]4C3)nc2-c2ccc(C#N)cc2)cc1. The second kappa shape index (κ2) is 7.89. The molecule has 3 atom stereocenters. The molecule has 2 N–H and O–H groups in total. The van der Waals surface area contributed by atoms with Gasteiger partial charge in [0.25, 0.3) is 0 Å². The Labute approximate surface area is 177 Å². The zero-order valence-corrected chi connectivity index (χ0v) is 17.1. The summed E-state index contributed by atoms with van der Waals surface area (Å²) >= 11 is 0. The summed E-state index contributed by atoms with van der Waals surface area (Å²) in [4.78, 5) is 9.60. The van der Waals surface area contributed by atoms with Gasteiger partial charge >= 0.3 is 0 Å². The van der Waals surface area contributed by atoms with Crippen LogP contribution in [0.1, 0.15) is 24.0 Å². The Hall–Kier alpha value is -3.23. The van der Waals surface area contributed by atoms with Crippen molar-refractivity contribution in [2.75, 3.05) is 18.4 Å². The lowest BCUT2D eigenvalue weighted by Gasteiger charge is -2.16. The van der Waals surface area contributed by atoms with Crippen molar-refractivity contribution >= 4 is 5.95 Å². The molecule has 0 unspecified atom stereocenters. The molecule has 0 bridgehead atoms. The standard InChI is InChI=1S/C25H25N5/c1-16-2-6-18(7-3-16)23-15-28-25(29-22-10-20-13-27-14-21(20)11-22)30-24(23)19-8-4-17(12-26)5-9-19/h2-9,15,20-22,27H,10-11,13-14H2,1H3,(H,28,29,30)/t20-,21+,22-. The Balaban J connectivity index is 1.49. The number of nitrogens with one attached hydrogen (secondary N) is 2. The first-order chi connectivity index (χ1) is 14.7. The summed E-state index contributed by atoms with van der Waals surface area (Å²) in [6.45, 7) is 4.35. The highest BCUT2D eigenvalue weighted by Crippen LogP contribution is 2.36. The van der Waals surface area contributed by atoms with E-state index in [4.69, 9.17) is 10.2 Å². The minimum absolute atomic E-state index is 0.432. The van der Waals surface area contributed by atoms with E-state index in [9.17, 15) is 0 Å². The van der Waals surface area contributed by atoms with Crippen molar-refractivity contribution in [1.82, 2.24) is 15.3 Å². The molecule has 3 aromatic rings. The molecular formula is C25H25N5. The van der Waals surface area contributed by atoms with Crippen molar-refractivity contribution < 1.29 is 0 Å². The van der Waals surface area contributed by atoms with Gasteiger partial charge < -0.3 is 10.6 Å². The number of aromatic nitrogens is 2. The van der Waals surface area contributed by atoms with Crippen LogP contribution in [0.2, 0.25) is 0 Å². The van der Waals surface area contributed by atoms with Crippen LogP contribution in [0.4, 0.5) is 5.95 Å². The van der Waals surface area contributed by atoms with Gasteiger partial charge in [-0.3, -0.25) is 0 Å². The van der Waals surface area contributed by atoms with Crippen LogP contribution in [-0.2, 0) is 0 Å². The number of hydrogen-bond acceptors (Lipinski definition) is 5. The van der Waals surface area contributed by atoms with Crippen molar-refractivity contribution in [3.8, 4) is 28.5 Å². The first-order valence-electron chi connectivity index (χ1n) is 10.6. The number of fused-ring (bicyclic) bond motifs is 1. The molecule has 0 spiro atoms. The van der Waals surface area contributed by atoms with Crippen LogP contribution in [0.5, 0.6) is 0 Å². The molecule has 1 saturated carbocycles. The summed E-state index contributed by atoms with van der Waals surface area (Å²) < 4.78 is 0. The maximum atomic E-state index is 9.14. The van der Waals surface area contributed by atoms with Crippen LogP contribution in [0, 0.1) is 30.1 Å². The Kier molecular flexibility index (Phi) is 4.94. The molecule has 30 heavy (non-hydrogen) atoms. The van der Waals surface area contributed by atoms with Crippen molar-refractivity contribution in [2.24, 2.45) is 11.8 Å². The van der Waals surface area contributed by atoms with Gasteiger partial charge in [0, 0.05) is 23.4 Å². The molecule has 1 aromatic heterocycles. The van der Waals surface area contributed by atoms with E-state index in [2.05, 4.69) is 52.9 Å². The molecule has 0 amide bonds. The summed E-state index contributed by atoms with van der Waals surface area (Å²) in [5.74, 6) is 2.22. The highest BCUT2D eigenvalue weighted by Gasteiger charge is 2.37. The van der Waals surface area contributed by atoms with Gasteiger partial charge in [0.1, 0.15) is 0 Å². The van der Waals surface area contributed by atoms with Gasteiger partial charge in [-0.05, 0) is 62.4 Å². The van der Waals surface area contributed by atoms with Gasteiger partial charge in [-0.1, -0.05) is 42.0 Å². The van der Waals surface area contributed by atoms with Crippen molar-refractivity contribution in [3.63, 3.8) is 0 Å². The zero-order chi connectivity index (χ0) is 20.5. The predicted molar refractivity (Wildman–Crippen MR) is 119 cm³/mol. The van der Waals surface area contributed by atoms with Crippen LogP contribution in [-0.4, -0.2) is 29.1 Å². The van der Waals surface area contributed by atoms with Crippen LogP contribution in [0.25, 0.3) is 22.4 Å². The smallest absolute Gasteiger partial charge is 0.223 e.